The van der Waals surface area contributed by atoms with Crippen molar-refractivity contribution in [3.8, 4) is 0 Å². The lowest BCUT2D eigenvalue weighted by Gasteiger charge is -2.20. The van der Waals surface area contributed by atoms with Crippen LogP contribution < -0.4 is 15.9 Å². The average Bonchev–Trinajstić information content (AvgIpc) is 3.31. The Labute approximate surface area is 147 Å². The van der Waals surface area contributed by atoms with Gasteiger partial charge in [-0.2, -0.15) is 0 Å². The van der Waals surface area contributed by atoms with Crippen LogP contribution in [0.2, 0.25) is 0 Å². The third kappa shape index (κ3) is 2.50. The van der Waals surface area contributed by atoms with E-state index < -0.39 is 0 Å². The van der Waals surface area contributed by atoms with Crippen molar-refractivity contribution in [3.05, 3.63) is 64.0 Å². The van der Waals surface area contributed by atoms with E-state index in [9.17, 15) is 0 Å². The van der Waals surface area contributed by atoms with Gasteiger partial charge in [-0.05, 0) is 72.2 Å². The highest BCUT2D eigenvalue weighted by Crippen LogP contribution is 2.34. The molecule has 2 atom stereocenters. The molecule has 0 spiro atoms. The summed E-state index contributed by atoms with van der Waals surface area (Å²) < 4.78 is 0. The first-order chi connectivity index (χ1) is 12.3. The molecule has 2 N–H and O–H groups in total. The Hall–Kier alpha value is -2.39. The van der Waals surface area contributed by atoms with Crippen LogP contribution in [-0.2, 0) is 0 Å². The number of aromatic amines is 1. The minimum absolute atomic E-state index is 0.437. The summed E-state index contributed by atoms with van der Waals surface area (Å²) in [6, 6.07) is 7.41. The summed E-state index contributed by atoms with van der Waals surface area (Å²) in [5, 5.41) is 8.91. The van der Waals surface area contributed by atoms with Crippen molar-refractivity contribution < 1.29 is 0 Å². The van der Waals surface area contributed by atoms with E-state index >= 15 is 0 Å². The van der Waals surface area contributed by atoms with E-state index in [2.05, 4.69) is 58.8 Å². The molecule has 0 amide bonds. The third-order valence-corrected chi connectivity index (χ3v) is 5.77. The van der Waals surface area contributed by atoms with Gasteiger partial charge in [0.2, 0.25) is 0 Å². The summed E-state index contributed by atoms with van der Waals surface area (Å²) >= 11 is 0. The fourth-order valence-electron chi connectivity index (χ4n) is 4.41. The molecule has 1 aliphatic heterocycles. The lowest BCUT2D eigenvalue weighted by molar-refractivity contribution is 0.651. The summed E-state index contributed by atoms with van der Waals surface area (Å²) in [6.07, 6.45) is 14.3. The lowest BCUT2D eigenvalue weighted by Crippen LogP contribution is -2.28. The molecular formula is C22H23N3. The van der Waals surface area contributed by atoms with Crippen LogP contribution in [-0.4, -0.2) is 16.5 Å². The molecule has 3 heterocycles. The third-order valence-electron chi connectivity index (χ3n) is 5.77. The number of benzene rings is 1. The van der Waals surface area contributed by atoms with Crippen molar-refractivity contribution >= 4 is 22.9 Å². The van der Waals surface area contributed by atoms with E-state index in [0.29, 0.717) is 12.0 Å². The Morgan fingerprint density at radius 1 is 1.24 bits per heavy atom. The van der Waals surface area contributed by atoms with E-state index in [0.717, 1.165) is 13.0 Å². The van der Waals surface area contributed by atoms with Gasteiger partial charge in [-0.1, -0.05) is 18.2 Å². The van der Waals surface area contributed by atoms with E-state index in [1.807, 2.05) is 12.4 Å². The zero-order valence-electron chi connectivity index (χ0n) is 14.5. The van der Waals surface area contributed by atoms with Gasteiger partial charge in [0.25, 0.3) is 0 Å². The number of aromatic nitrogens is 2. The highest BCUT2D eigenvalue weighted by atomic mass is 14.9. The molecule has 25 heavy (non-hydrogen) atoms. The number of H-pyrrole nitrogens is 1. The quantitative estimate of drug-likeness (QED) is 0.759. The fourth-order valence-corrected chi connectivity index (χ4v) is 4.41. The molecule has 126 valence electrons. The molecule has 1 aromatic carbocycles. The average molecular weight is 329 g/mol. The summed E-state index contributed by atoms with van der Waals surface area (Å²) in [6.45, 7) is 3.30. The first-order valence-corrected chi connectivity index (χ1v) is 9.26. The molecule has 2 aliphatic rings. The molecule has 3 nitrogen and oxygen atoms in total. The minimum atomic E-state index is 0.437. The molecule has 1 aliphatic carbocycles. The van der Waals surface area contributed by atoms with Gasteiger partial charge in [-0.3, -0.25) is 4.98 Å². The summed E-state index contributed by atoms with van der Waals surface area (Å²) in [5.41, 5.74) is 4.18. The monoisotopic (exact) mass is 329 g/mol. The normalized spacial score (nSPS) is 22.4. The number of rotatable bonds is 2. The summed E-state index contributed by atoms with van der Waals surface area (Å²) in [5.74, 6) is 0.437. The SMILES string of the molecule is Cc1c[nH]c2c1=CC(c1cc([C@@H]3CCCN3)c3ccncc3c1)CC=2. The van der Waals surface area contributed by atoms with Gasteiger partial charge in [0.1, 0.15) is 0 Å². The van der Waals surface area contributed by atoms with Crippen LogP contribution in [0.25, 0.3) is 22.9 Å². The first kappa shape index (κ1) is 14.9. The van der Waals surface area contributed by atoms with Gasteiger partial charge in [0, 0.05) is 41.3 Å². The van der Waals surface area contributed by atoms with Crippen LogP contribution >= 0.6 is 0 Å². The number of aryl methyl sites for hydroxylation is 1. The summed E-state index contributed by atoms with van der Waals surface area (Å²) in [7, 11) is 0. The van der Waals surface area contributed by atoms with Crippen LogP contribution in [0, 0.1) is 6.92 Å². The Bertz CT molecular complexity index is 1050. The molecular weight excluding hydrogens is 306 g/mol. The van der Waals surface area contributed by atoms with Crippen molar-refractivity contribution in [2.45, 2.75) is 38.1 Å². The van der Waals surface area contributed by atoms with Crippen molar-refractivity contribution in [1.82, 2.24) is 15.3 Å². The number of pyridine rings is 1. The predicted octanol–water partition coefficient (Wildman–Crippen LogP) is 3.04. The van der Waals surface area contributed by atoms with Gasteiger partial charge in [0.15, 0.2) is 0 Å². The summed E-state index contributed by atoms with van der Waals surface area (Å²) in [4.78, 5) is 7.74. The number of hydrogen-bond acceptors (Lipinski definition) is 2. The maximum absolute atomic E-state index is 4.37. The smallest absolute Gasteiger partial charge is 0.0413 e. The standard InChI is InChI=1S/C22H23N3/c1-14-12-25-22-5-4-15(10-19(14)22)16-9-17-13-23-8-6-18(17)20(11-16)21-3-2-7-24-21/h5-6,8-13,15,21,24-25H,2-4,7H2,1H3/t15?,21-/m0/s1. The Morgan fingerprint density at radius 3 is 3.08 bits per heavy atom. The molecule has 0 bridgehead atoms. The van der Waals surface area contributed by atoms with Crippen molar-refractivity contribution in [2.75, 3.05) is 6.54 Å². The van der Waals surface area contributed by atoms with Gasteiger partial charge in [-0.25, -0.2) is 0 Å². The topological polar surface area (TPSA) is 40.7 Å². The van der Waals surface area contributed by atoms with Crippen molar-refractivity contribution in [2.24, 2.45) is 0 Å². The van der Waals surface area contributed by atoms with E-state index in [1.165, 1.54) is 50.9 Å². The largest absolute Gasteiger partial charge is 0.361 e. The number of hydrogen-bond donors (Lipinski definition) is 2. The van der Waals surface area contributed by atoms with E-state index in [4.69, 9.17) is 0 Å². The van der Waals surface area contributed by atoms with Crippen molar-refractivity contribution in [1.29, 1.82) is 0 Å². The highest BCUT2D eigenvalue weighted by molar-refractivity contribution is 5.86. The van der Waals surface area contributed by atoms with Gasteiger partial charge in [-0.15, -0.1) is 0 Å². The molecule has 5 rings (SSSR count). The second kappa shape index (κ2) is 5.85. The van der Waals surface area contributed by atoms with Crippen LogP contribution in [0.4, 0.5) is 0 Å². The van der Waals surface area contributed by atoms with Gasteiger partial charge in [0.05, 0.1) is 0 Å². The molecule has 3 heteroatoms. The van der Waals surface area contributed by atoms with E-state index in [-0.39, 0.29) is 0 Å². The predicted molar refractivity (Wildman–Crippen MR) is 103 cm³/mol. The molecule has 3 aromatic rings. The van der Waals surface area contributed by atoms with Crippen LogP contribution in [0.15, 0.2) is 36.8 Å². The Kier molecular flexibility index (Phi) is 3.49. The van der Waals surface area contributed by atoms with E-state index in [1.54, 1.807) is 0 Å². The highest BCUT2D eigenvalue weighted by Gasteiger charge is 2.21. The van der Waals surface area contributed by atoms with Crippen molar-refractivity contribution in [3.63, 3.8) is 0 Å². The lowest BCUT2D eigenvalue weighted by atomic mass is 9.87. The maximum Gasteiger partial charge on any atom is 0.0413 e. The maximum atomic E-state index is 4.37. The van der Waals surface area contributed by atoms with Crippen LogP contribution in [0.5, 0.6) is 0 Å². The molecule has 0 radical (unpaired) electrons. The minimum Gasteiger partial charge on any atom is -0.361 e. The second-order valence-corrected chi connectivity index (χ2v) is 7.37. The van der Waals surface area contributed by atoms with Crippen LogP contribution in [0.3, 0.4) is 0 Å². The second-order valence-electron chi connectivity index (χ2n) is 7.37. The molecule has 1 saturated heterocycles. The zero-order valence-corrected chi connectivity index (χ0v) is 14.5. The zero-order chi connectivity index (χ0) is 16.8. The molecule has 0 saturated carbocycles. The van der Waals surface area contributed by atoms with Gasteiger partial charge >= 0.3 is 0 Å². The number of nitrogens with one attached hydrogen (secondary N) is 2. The number of fused-ring (bicyclic) bond motifs is 2. The number of nitrogens with zero attached hydrogens (tertiary/aromatic N) is 1. The molecule has 1 unspecified atom stereocenters. The van der Waals surface area contributed by atoms with Crippen LogP contribution in [0.1, 0.15) is 47.9 Å². The molecule has 2 aromatic heterocycles. The molecule has 1 fully saturated rings. The Morgan fingerprint density at radius 2 is 2.20 bits per heavy atom. The Balaban J connectivity index is 1.67. The first-order valence-electron chi connectivity index (χ1n) is 9.26. The van der Waals surface area contributed by atoms with Gasteiger partial charge < -0.3 is 10.3 Å². The fraction of sp³-hybridized carbons (Fsp3) is 0.318.